The van der Waals surface area contributed by atoms with Crippen LogP contribution in [0.5, 0.6) is 0 Å². The largest absolute Gasteiger partial charge is 0.316 e. The van der Waals surface area contributed by atoms with E-state index in [4.69, 9.17) is 0 Å². The smallest absolute Gasteiger partial charge is 0.000811 e. The highest BCUT2D eigenvalue weighted by molar-refractivity contribution is 5.02. The Morgan fingerprint density at radius 2 is 0.733 bits per heavy atom. The topological polar surface area (TPSA) is 48.1 Å². The van der Waals surface area contributed by atoms with Crippen molar-refractivity contribution >= 4 is 0 Å². The van der Waals surface area contributed by atoms with Gasteiger partial charge < -0.3 is 21.3 Å². The number of nitrogens with one attached hydrogen (secondary N) is 4. The SMILES string of the molecule is CCCCCCCNC[C@@H]1C[C@H]1CCCCCCNCC12CC3CC(CC(C3)C1)C2.CCCCCCCNC[C@H]1C[C@@H]1CCCCCCNCC1C2CC3CC(C2)CC1C3. The minimum atomic E-state index is 0.722. The second-order valence-corrected chi connectivity index (χ2v) is 24.0. The third kappa shape index (κ3) is 16.1. The lowest BCUT2D eigenvalue weighted by Gasteiger charge is -2.57. The molecule has 4 atom stereocenters. The van der Waals surface area contributed by atoms with Crippen molar-refractivity contribution in [1.82, 2.24) is 21.3 Å². The molecule has 4 N–H and O–H groups in total. The molecule has 0 aromatic rings. The molecule has 0 unspecified atom stereocenters. The van der Waals surface area contributed by atoms with Crippen molar-refractivity contribution in [3.8, 4) is 0 Å². The fourth-order valence-corrected chi connectivity index (χ4v) is 15.6. The van der Waals surface area contributed by atoms with Crippen LogP contribution in [0.15, 0.2) is 0 Å². The average Bonchev–Trinajstić information content (AvgIpc) is 4.16. The van der Waals surface area contributed by atoms with Crippen LogP contribution in [0.25, 0.3) is 0 Å². The standard InChI is InChI=1S/2C28H52N2/c1-2-3-4-6-9-12-29-21-27-17-26(27)11-8-5-7-10-13-30-22-28-18-23-14-24(19-28)16-25(15-23)20-28;1-2-3-4-6-9-12-29-20-27-19-24(27)11-8-5-7-10-13-30-21-28-25-15-22-14-23(17-25)18-26(28)16-22/h23-27,29-30H,2-22H2,1H3;22-30H,2-21H2,1H3/t23?,24?,25?,26-,27+,28?;22?,23?,24-,25?,26?,27+,28?/m10/s1. The first kappa shape index (κ1) is 47.8. The summed E-state index contributed by atoms with van der Waals surface area (Å²) in [5, 5.41) is 15.2. The van der Waals surface area contributed by atoms with Gasteiger partial charge in [-0.3, -0.25) is 0 Å². The van der Waals surface area contributed by atoms with E-state index in [0.29, 0.717) is 0 Å². The molecule has 0 aromatic carbocycles. The maximum atomic E-state index is 3.90. The van der Waals surface area contributed by atoms with Crippen molar-refractivity contribution < 1.29 is 0 Å². The van der Waals surface area contributed by atoms with Gasteiger partial charge in [0.05, 0.1) is 0 Å². The first-order valence-electron chi connectivity index (χ1n) is 28.4. The Morgan fingerprint density at radius 1 is 0.350 bits per heavy atom. The summed E-state index contributed by atoms with van der Waals surface area (Å²) in [4.78, 5) is 0. The lowest BCUT2D eigenvalue weighted by Crippen LogP contribution is -2.50. The number of hydrogen-bond acceptors (Lipinski definition) is 4. The molecule has 60 heavy (non-hydrogen) atoms. The zero-order valence-electron chi connectivity index (χ0n) is 40.4. The van der Waals surface area contributed by atoms with Crippen LogP contribution in [-0.2, 0) is 0 Å². The highest BCUT2D eigenvalue weighted by Gasteiger charge is 2.51. The molecule has 0 heterocycles. The molecule has 4 nitrogen and oxygen atoms in total. The molecule has 0 spiro atoms. The summed E-state index contributed by atoms with van der Waals surface area (Å²) >= 11 is 0. The van der Waals surface area contributed by atoms with E-state index in [2.05, 4.69) is 35.1 Å². The van der Waals surface area contributed by atoms with Gasteiger partial charge in [-0.1, -0.05) is 117 Å². The molecule has 4 heteroatoms. The van der Waals surface area contributed by atoms with Crippen molar-refractivity contribution in [3.63, 3.8) is 0 Å². The van der Waals surface area contributed by atoms with Crippen molar-refractivity contribution in [1.29, 1.82) is 0 Å². The van der Waals surface area contributed by atoms with Crippen molar-refractivity contribution in [3.05, 3.63) is 0 Å². The van der Waals surface area contributed by atoms with E-state index in [1.807, 2.05) is 0 Å². The quantitative estimate of drug-likeness (QED) is 0.0488. The van der Waals surface area contributed by atoms with Crippen LogP contribution in [0.1, 0.15) is 226 Å². The first-order chi connectivity index (χ1) is 29.6. The molecule has 348 valence electrons. The fraction of sp³-hybridized carbons (Fsp3) is 1.00. The van der Waals surface area contributed by atoms with Crippen LogP contribution >= 0.6 is 0 Å². The molecule has 0 saturated heterocycles. The third-order valence-corrected chi connectivity index (χ3v) is 18.7. The number of hydrogen-bond donors (Lipinski definition) is 4. The first-order valence-corrected chi connectivity index (χ1v) is 28.4. The van der Waals surface area contributed by atoms with Gasteiger partial charge in [-0.2, -0.15) is 0 Å². The van der Waals surface area contributed by atoms with Gasteiger partial charge in [0.1, 0.15) is 0 Å². The van der Waals surface area contributed by atoms with Gasteiger partial charge in [-0.25, -0.2) is 0 Å². The van der Waals surface area contributed by atoms with Crippen LogP contribution < -0.4 is 21.3 Å². The van der Waals surface area contributed by atoms with E-state index < -0.39 is 0 Å². The second kappa shape index (κ2) is 26.1. The van der Waals surface area contributed by atoms with Crippen LogP contribution in [0.3, 0.4) is 0 Å². The second-order valence-electron chi connectivity index (χ2n) is 24.0. The predicted octanol–water partition coefficient (Wildman–Crippen LogP) is 13.7. The minimum Gasteiger partial charge on any atom is -0.316 e. The third-order valence-electron chi connectivity index (χ3n) is 18.7. The lowest BCUT2D eigenvalue weighted by molar-refractivity contribution is -0.0512. The maximum Gasteiger partial charge on any atom is 0.000811 e. The van der Waals surface area contributed by atoms with Crippen LogP contribution in [0, 0.1) is 76.4 Å². The Hall–Kier alpha value is -0.160. The molecular weight excluding hydrogens is 729 g/mol. The summed E-state index contributed by atoms with van der Waals surface area (Å²) in [5.74, 6) is 12.9. The number of unbranched alkanes of at least 4 members (excludes halogenated alkanes) is 14. The number of rotatable bonds is 34. The van der Waals surface area contributed by atoms with Gasteiger partial charge in [0.25, 0.3) is 0 Å². The normalized spacial score (nSPS) is 36.5. The summed E-state index contributed by atoms with van der Waals surface area (Å²) in [5.41, 5.74) is 0.722. The van der Waals surface area contributed by atoms with E-state index in [9.17, 15) is 0 Å². The molecule has 10 aliphatic rings. The Morgan fingerprint density at radius 3 is 1.18 bits per heavy atom. The molecule has 0 aliphatic heterocycles. The summed E-state index contributed by atoms with van der Waals surface area (Å²) in [6, 6.07) is 0. The molecule has 10 saturated carbocycles. The van der Waals surface area contributed by atoms with Crippen LogP contribution in [-0.4, -0.2) is 52.4 Å². The Bertz CT molecular complexity index is 1070. The molecule has 8 bridgehead atoms. The Labute approximate surface area is 374 Å². The molecule has 0 amide bonds. The zero-order valence-corrected chi connectivity index (χ0v) is 40.4. The maximum absolute atomic E-state index is 3.90. The van der Waals surface area contributed by atoms with Crippen LogP contribution in [0.2, 0.25) is 0 Å². The molecular formula is C56H104N4. The van der Waals surface area contributed by atoms with Crippen molar-refractivity contribution in [2.24, 2.45) is 76.4 Å². The van der Waals surface area contributed by atoms with Gasteiger partial charge in [-0.15, -0.1) is 0 Å². The summed E-state index contributed by atoms with van der Waals surface area (Å²) in [7, 11) is 0. The van der Waals surface area contributed by atoms with E-state index in [1.165, 1.54) is 194 Å². The molecule has 0 aromatic heterocycles. The van der Waals surface area contributed by atoms with E-state index in [1.54, 1.807) is 70.6 Å². The van der Waals surface area contributed by atoms with Gasteiger partial charge in [0.2, 0.25) is 0 Å². The molecule has 0 radical (unpaired) electrons. The molecule has 10 rings (SSSR count). The summed E-state index contributed by atoms with van der Waals surface area (Å²) in [6.45, 7) is 14.9. The van der Waals surface area contributed by atoms with Gasteiger partial charge >= 0.3 is 0 Å². The summed E-state index contributed by atoms with van der Waals surface area (Å²) < 4.78 is 0. The Balaban J connectivity index is 0.000000181. The fourth-order valence-electron chi connectivity index (χ4n) is 15.6. The minimum absolute atomic E-state index is 0.722. The van der Waals surface area contributed by atoms with E-state index >= 15 is 0 Å². The monoisotopic (exact) mass is 833 g/mol. The lowest BCUT2D eigenvalue weighted by atomic mass is 9.49. The highest BCUT2D eigenvalue weighted by atomic mass is 14.9. The average molecular weight is 833 g/mol. The summed E-state index contributed by atoms with van der Waals surface area (Å²) in [6.07, 6.45) is 49.0. The van der Waals surface area contributed by atoms with Gasteiger partial charge in [-0.05, 0) is 231 Å². The zero-order chi connectivity index (χ0) is 41.2. The van der Waals surface area contributed by atoms with Crippen molar-refractivity contribution in [2.75, 3.05) is 52.4 Å². The Kier molecular flexibility index (Phi) is 20.8. The van der Waals surface area contributed by atoms with E-state index in [0.717, 1.165) is 76.4 Å². The van der Waals surface area contributed by atoms with Crippen LogP contribution in [0.4, 0.5) is 0 Å². The van der Waals surface area contributed by atoms with E-state index in [-0.39, 0.29) is 0 Å². The van der Waals surface area contributed by atoms with Crippen molar-refractivity contribution in [2.45, 2.75) is 226 Å². The molecule has 10 fully saturated rings. The highest BCUT2D eigenvalue weighted by Crippen LogP contribution is 2.60. The van der Waals surface area contributed by atoms with Gasteiger partial charge in [0.15, 0.2) is 0 Å². The molecule has 10 aliphatic carbocycles. The predicted molar refractivity (Wildman–Crippen MR) is 260 cm³/mol. The van der Waals surface area contributed by atoms with Gasteiger partial charge in [0, 0.05) is 6.54 Å².